The Hall–Kier alpha value is -1.94. The number of aliphatic hydroxyl groups excluding tert-OH is 3. The molecule has 2 aliphatic rings. The average molecular weight is 426 g/mol. The van der Waals surface area contributed by atoms with E-state index in [4.69, 9.17) is 25.8 Å². The van der Waals surface area contributed by atoms with E-state index in [1.54, 1.807) is 37.3 Å². The third-order valence-electron chi connectivity index (χ3n) is 4.96. The van der Waals surface area contributed by atoms with Crippen molar-refractivity contribution in [1.29, 1.82) is 0 Å². The molecule has 0 aromatic heterocycles. The summed E-state index contributed by atoms with van der Waals surface area (Å²) in [5.41, 5.74) is 0.992. The number of fused-ring (bicyclic) bond motifs is 1. The lowest BCUT2D eigenvalue weighted by Crippen LogP contribution is -2.67. The fourth-order valence-electron chi connectivity index (χ4n) is 3.41. The first-order valence-corrected chi connectivity index (χ1v) is 9.51. The monoisotopic (exact) mass is 425 g/mol. The fourth-order valence-corrected chi connectivity index (χ4v) is 3.65. The molecule has 1 heterocycles. The molecule has 4 N–H and O–H groups in total. The number of hydrogen-bond acceptors (Lipinski definition) is 7. The molecular weight excluding hydrogens is 402 g/mol. The van der Waals surface area contributed by atoms with Crippen LogP contribution >= 0.6 is 11.6 Å². The first-order chi connectivity index (χ1) is 13.8. The second-order valence-corrected chi connectivity index (χ2v) is 7.38. The molecule has 6 atom stereocenters. The number of nitrogens with one attached hydrogen (secondary N) is 1. The summed E-state index contributed by atoms with van der Waals surface area (Å²) < 4.78 is 15.9. The van der Waals surface area contributed by atoms with Gasteiger partial charge in [0.1, 0.15) is 49.7 Å². The average Bonchev–Trinajstić information content (AvgIpc) is 3.19. The van der Waals surface area contributed by atoms with Crippen molar-refractivity contribution in [3.63, 3.8) is 0 Å². The van der Waals surface area contributed by atoms with Crippen LogP contribution in [0.2, 0.25) is 5.02 Å². The molecule has 158 valence electrons. The summed E-state index contributed by atoms with van der Waals surface area (Å²) in [6.45, 7) is 5.39. The van der Waals surface area contributed by atoms with Gasteiger partial charge in [0.2, 0.25) is 5.91 Å². The van der Waals surface area contributed by atoms with E-state index in [0.717, 1.165) is 0 Å². The summed E-state index contributed by atoms with van der Waals surface area (Å²) in [4.78, 5) is 12.6. The SMILES string of the molecule is C=CCOc1ccc(/C=C(/C)C(=O)N[C@@H]2[C@H](O)[C@@H](O)[C@H]3OCO[C@H]3[C@@H]2O)cc1Cl. The van der Waals surface area contributed by atoms with Crippen molar-refractivity contribution < 1.29 is 34.3 Å². The lowest BCUT2D eigenvalue weighted by Gasteiger charge is -2.41. The maximum atomic E-state index is 12.6. The largest absolute Gasteiger partial charge is 0.488 e. The minimum Gasteiger partial charge on any atom is -0.488 e. The molecule has 1 aliphatic heterocycles. The van der Waals surface area contributed by atoms with E-state index in [-0.39, 0.29) is 6.79 Å². The molecule has 3 rings (SSSR count). The van der Waals surface area contributed by atoms with Gasteiger partial charge in [-0.25, -0.2) is 0 Å². The summed E-state index contributed by atoms with van der Waals surface area (Å²) in [5, 5.41) is 33.9. The summed E-state index contributed by atoms with van der Waals surface area (Å²) >= 11 is 6.18. The molecule has 29 heavy (non-hydrogen) atoms. The number of aliphatic hydroxyl groups is 3. The van der Waals surface area contributed by atoms with Crippen molar-refractivity contribution >= 4 is 23.6 Å². The second kappa shape index (κ2) is 9.25. The molecule has 1 saturated carbocycles. The van der Waals surface area contributed by atoms with Crippen molar-refractivity contribution in [2.45, 2.75) is 43.5 Å². The Kier molecular flexibility index (Phi) is 6.94. The van der Waals surface area contributed by atoms with Crippen molar-refractivity contribution in [3.05, 3.63) is 47.0 Å². The van der Waals surface area contributed by atoms with Crippen LogP contribution in [0.1, 0.15) is 12.5 Å². The number of carbonyl (C=O) groups excluding carboxylic acids is 1. The predicted molar refractivity (Wildman–Crippen MR) is 105 cm³/mol. The minimum absolute atomic E-state index is 0.0942. The molecule has 1 aliphatic carbocycles. The molecule has 2 fully saturated rings. The van der Waals surface area contributed by atoms with Crippen LogP contribution < -0.4 is 10.1 Å². The van der Waals surface area contributed by atoms with E-state index in [1.165, 1.54) is 0 Å². The normalized spacial score (nSPS) is 31.8. The number of hydrogen-bond donors (Lipinski definition) is 4. The van der Waals surface area contributed by atoms with Crippen LogP contribution in [0.25, 0.3) is 6.08 Å². The smallest absolute Gasteiger partial charge is 0.247 e. The van der Waals surface area contributed by atoms with Crippen LogP contribution in [0.5, 0.6) is 5.75 Å². The predicted octanol–water partition coefficient (Wildman–Crippen LogP) is 0.631. The number of carbonyl (C=O) groups is 1. The highest BCUT2D eigenvalue weighted by molar-refractivity contribution is 6.32. The Morgan fingerprint density at radius 1 is 1.28 bits per heavy atom. The molecule has 0 bridgehead atoms. The van der Waals surface area contributed by atoms with Crippen LogP contribution in [-0.2, 0) is 14.3 Å². The molecule has 8 nitrogen and oxygen atoms in total. The molecule has 0 spiro atoms. The second-order valence-electron chi connectivity index (χ2n) is 6.97. The van der Waals surface area contributed by atoms with Gasteiger partial charge in [0.25, 0.3) is 0 Å². The topological polar surface area (TPSA) is 117 Å². The van der Waals surface area contributed by atoms with Gasteiger partial charge < -0.3 is 34.8 Å². The number of rotatable bonds is 6. The first-order valence-electron chi connectivity index (χ1n) is 9.13. The molecule has 9 heteroatoms. The maximum Gasteiger partial charge on any atom is 0.247 e. The standard InChI is InChI=1S/C20H24ClNO7/c1-3-6-27-13-5-4-11(8-12(13)21)7-10(2)20(26)22-14-15(23)17(25)19-18(16(14)24)28-9-29-19/h3-5,7-8,14-19,23-25H,1,6,9H2,2H3,(H,22,26)/b10-7-/t14-,15+,16-,17-,18+,19-/m1/s1. The van der Waals surface area contributed by atoms with Crippen molar-refractivity contribution in [3.8, 4) is 5.75 Å². The van der Waals surface area contributed by atoms with Crippen LogP contribution in [0.15, 0.2) is 36.4 Å². The van der Waals surface area contributed by atoms with Gasteiger partial charge in [-0.15, -0.1) is 0 Å². The van der Waals surface area contributed by atoms with Crippen LogP contribution in [-0.4, -0.2) is 71.2 Å². The highest BCUT2D eigenvalue weighted by atomic mass is 35.5. The molecule has 0 radical (unpaired) electrons. The van der Waals surface area contributed by atoms with Gasteiger partial charge in [-0.05, 0) is 30.7 Å². The lowest BCUT2D eigenvalue weighted by atomic mass is 9.83. The highest BCUT2D eigenvalue weighted by Gasteiger charge is 2.53. The Morgan fingerprint density at radius 3 is 2.62 bits per heavy atom. The molecular formula is C20H24ClNO7. The van der Waals surface area contributed by atoms with Crippen molar-refractivity contribution in [2.24, 2.45) is 0 Å². The Labute approximate surface area is 173 Å². The van der Waals surface area contributed by atoms with Gasteiger partial charge in [-0.2, -0.15) is 0 Å². The Bertz CT molecular complexity index is 799. The molecule has 0 unspecified atom stereocenters. The molecule has 1 aromatic carbocycles. The molecule has 1 saturated heterocycles. The summed E-state index contributed by atoms with van der Waals surface area (Å²) in [5.74, 6) is -0.0117. The zero-order chi connectivity index (χ0) is 21.1. The highest BCUT2D eigenvalue weighted by Crippen LogP contribution is 2.30. The van der Waals surface area contributed by atoms with Gasteiger partial charge in [0.15, 0.2) is 0 Å². The van der Waals surface area contributed by atoms with Crippen LogP contribution in [0.3, 0.4) is 0 Å². The van der Waals surface area contributed by atoms with Gasteiger partial charge >= 0.3 is 0 Å². The Balaban J connectivity index is 1.69. The van der Waals surface area contributed by atoms with Crippen LogP contribution in [0, 0.1) is 0 Å². The van der Waals surface area contributed by atoms with Gasteiger partial charge in [-0.3, -0.25) is 4.79 Å². The Morgan fingerprint density at radius 2 is 1.97 bits per heavy atom. The zero-order valence-corrected chi connectivity index (χ0v) is 16.6. The molecule has 1 aromatic rings. The third-order valence-corrected chi connectivity index (χ3v) is 5.25. The third kappa shape index (κ3) is 4.63. The minimum atomic E-state index is -1.40. The number of halogens is 1. The molecule has 1 amide bonds. The number of amides is 1. The fraction of sp³-hybridized carbons (Fsp3) is 0.450. The number of benzene rings is 1. The maximum absolute atomic E-state index is 12.6. The van der Waals surface area contributed by atoms with Gasteiger partial charge in [0.05, 0.1) is 11.1 Å². The summed E-state index contributed by atoms with van der Waals surface area (Å²) in [6.07, 6.45) is -2.38. The van der Waals surface area contributed by atoms with E-state index in [9.17, 15) is 20.1 Å². The van der Waals surface area contributed by atoms with E-state index in [2.05, 4.69) is 11.9 Å². The van der Waals surface area contributed by atoms with Crippen LogP contribution in [0.4, 0.5) is 0 Å². The summed E-state index contributed by atoms with van der Waals surface area (Å²) in [6, 6.07) is 3.97. The zero-order valence-electron chi connectivity index (χ0n) is 15.8. The first kappa shape index (κ1) is 21.8. The van der Waals surface area contributed by atoms with E-state index in [1.807, 2.05) is 0 Å². The summed E-state index contributed by atoms with van der Waals surface area (Å²) in [7, 11) is 0. The number of ether oxygens (including phenoxy) is 3. The van der Waals surface area contributed by atoms with E-state index in [0.29, 0.717) is 28.5 Å². The van der Waals surface area contributed by atoms with E-state index < -0.39 is 42.5 Å². The van der Waals surface area contributed by atoms with Crippen molar-refractivity contribution in [2.75, 3.05) is 13.4 Å². The van der Waals surface area contributed by atoms with Gasteiger partial charge in [-0.1, -0.05) is 30.3 Å². The van der Waals surface area contributed by atoms with Crippen molar-refractivity contribution in [1.82, 2.24) is 5.32 Å². The van der Waals surface area contributed by atoms with E-state index >= 15 is 0 Å². The quantitative estimate of drug-likeness (QED) is 0.390. The lowest BCUT2D eigenvalue weighted by molar-refractivity contribution is -0.155. The van der Waals surface area contributed by atoms with Gasteiger partial charge in [0, 0.05) is 5.57 Å².